The normalized spacial score (nSPS) is 14.4. The van der Waals surface area contributed by atoms with Gasteiger partial charge in [-0.1, -0.05) is 23.7 Å². The van der Waals surface area contributed by atoms with E-state index in [1.54, 1.807) is 67.1 Å². The number of aromatic nitrogens is 3. The molecule has 192 valence electrons. The Hall–Kier alpha value is -4.70. The Labute approximate surface area is 222 Å². The number of nitrogens with one attached hydrogen (secondary N) is 2. The lowest BCUT2D eigenvalue weighted by Gasteiger charge is -2.16. The predicted molar refractivity (Wildman–Crippen MR) is 144 cm³/mol. The molecule has 2 aromatic carbocycles. The minimum atomic E-state index is -0.702. The Balaban J connectivity index is 1.42. The lowest BCUT2D eigenvalue weighted by atomic mass is 10.2. The van der Waals surface area contributed by atoms with Crippen molar-refractivity contribution in [2.75, 3.05) is 11.9 Å². The highest BCUT2D eigenvalue weighted by Crippen LogP contribution is 2.21. The molecule has 1 fully saturated rings. The minimum Gasteiger partial charge on any atom is -0.325 e. The fourth-order valence-corrected chi connectivity index (χ4v) is 4.58. The highest BCUT2D eigenvalue weighted by Gasteiger charge is 2.35. The molecule has 0 bridgehead atoms. The SMILES string of the molecule is Cc1cc(C=C2NC(=O)N(CC(=O)Nc3ccc(Cl)cc3)C2=O)c(C)n1-n1c(C)nc2ccccc2c1=O. The summed E-state index contributed by atoms with van der Waals surface area (Å²) in [6.45, 7) is 4.93. The zero-order chi connectivity index (χ0) is 27.1. The van der Waals surface area contributed by atoms with E-state index >= 15 is 0 Å². The standard InChI is InChI=1S/C27H23ClN6O4/c1-15-12-18(16(2)33(15)34-17(3)29-22-7-5-4-6-21(22)25(34)36)13-23-26(37)32(27(38)31-23)14-24(35)30-20-10-8-19(28)9-11-20/h4-13H,14H2,1-3H3,(H,30,35)(H,31,38). The Morgan fingerprint density at radius 2 is 1.74 bits per heavy atom. The van der Waals surface area contributed by atoms with E-state index in [0.29, 0.717) is 38.7 Å². The van der Waals surface area contributed by atoms with E-state index in [1.807, 2.05) is 13.0 Å². The summed E-state index contributed by atoms with van der Waals surface area (Å²) >= 11 is 5.86. The van der Waals surface area contributed by atoms with E-state index in [0.717, 1.165) is 10.6 Å². The van der Waals surface area contributed by atoms with Gasteiger partial charge in [-0.25, -0.2) is 14.7 Å². The first-order chi connectivity index (χ1) is 18.1. The van der Waals surface area contributed by atoms with Gasteiger partial charge in [0, 0.05) is 22.1 Å². The highest BCUT2D eigenvalue weighted by molar-refractivity contribution is 6.30. The quantitative estimate of drug-likeness (QED) is 0.302. The average Bonchev–Trinajstić information content (AvgIpc) is 3.30. The molecule has 11 heteroatoms. The molecule has 0 atom stereocenters. The molecule has 4 amide bonds. The number of carbonyl (C=O) groups excluding carboxylic acids is 3. The summed E-state index contributed by atoms with van der Waals surface area (Å²) in [5.74, 6) is -0.668. The van der Waals surface area contributed by atoms with Gasteiger partial charge >= 0.3 is 6.03 Å². The van der Waals surface area contributed by atoms with Crippen LogP contribution in [0.25, 0.3) is 17.0 Å². The van der Waals surface area contributed by atoms with Gasteiger partial charge in [0.25, 0.3) is 11.5 Å². The van der Waals surface area contributed by atoms with E-state index in [4.69, 9.17) is 11.6 Å². The number of fused-ring (bicyclic) bond motifs is 1. The van der Waals surface area contributed by atoms with Crippen LogP contribution >= 0.6 is 11.6 Å². The molecule has 0 unspecified atom stereocenters. The van der Waals surface area contributed by atoms with Crippen molar-refractivity contribution in [3.8, 4) is 0 Å². The molecule has 10 nitrogen and oxygen atoms in total. The molecule has 38 heavy (non-hydrogen) atoms. The van der Waals surface area contributed by atoms with Gasteiger partial charge in [-0.3, -0.25) is 19.1 Å². The third-order valence-corrected chi connectivity index (χ3v) is 6.49. The fraction of sp³-hybridized carbons (Fsp3) is 0.148. The molecule has 5 rings (SSSR count). The van der Waals surface area contributed by atoms with Crippen LogP contribution in [0.3, 0.4) is 0 Å². The minimum absolute atomic E-state index is 0.0234. The average molecular weight is 531 g/mol. The van der Waals surface area contributed by atoms with Crippen molar-refractivity contribution in [1.82, 2.24) is 24.6 Å². The lowest BCUT2D eigenvalue weighted by molar-refractivity contribution is -0.127. The number of nitrogens with zero attached hydrogens (tertiary/aromatic N) is 4. The largest absolute Gasteiger partial charge is 0.329 e. The summed E-state index contributed by atoms with van der Waals surface area (Å²) in [6.07, 6.45) is 1.53. The molecule has 3 heterocycles. The lowest BCUT2D eigenvalue weighted by Crippen LogP contribution is -2.38. The first-order valence-corrected chi connectivity index (χ1v) is 12.1. The molecule has 0 radical (unpaired) electrons. The maximum atomic E-state index is 13.3. The number of rotatable bonds is 5. The van der Waals surface area contributed by atoms with Crippen LogP contribution in [0.1, 0.15) is 22.8 Å². The summed E-state index contributed by atoms with van der Waals surface area (Å²) in [5, 5.41) is 6.16. The number of halogens is 1. The van der Waals surface area contributed by atoms with Crippen molar-refractivity contribution in [3.63, 3.8) is 0 Å². The molecule has 0 spiro atoms. The first kappa shape index (κ1) is 25.0. The van der Waals surface area contributed by atoms with E-state index in [-0.39, 0.29) is 11.3 Å². The number of para-hydroxylation sites is 1. The molecule has 2 N–H and O–H groups in total. The van der Waals surface area contributed by atoms with Crippen LogP contribution in [0.15, 0.2) is 65.1 Å². The van der Waals surface area contributed by atoms with Gasteiger partial charge in [0.2, 0.25) is 5.91 Å². The third-order valence-electron chi connectivity index (χ3n) is 6.24. The summed E-state index contributed by atoms with van der Waals surface area (Å²) in [7, 11) is 0. The number of amides is 4. The van der Waals surface area contributed by atoms with Gasteiger partial charge in [0.1, 0.15) is 18.1 Å². The number of hydrogen-bond acceptors (Lipinski definition) is 5. The maximum Gasteiger partial charge on any atom is 0.329 e. The van der Waals surface area contributed by atoms with Crippen molar-refractivity contribution in [2.24, 2.45) is 0 Å². The Bertz CT molecular complexity index is 1720. The first-order valence-electron chi connectivity index (χ1n) is 11.7. The number of hydrogen-bond donors (Lipinski definition) is 2. The Kier molecular flexibility index (Phi) is 6.33. The van der Waals surface area contributed by atoms with Crippen LogP contribution in [0.5, 0.6) is 0 Å². The number of aryl methyl sites for hydroxylation is 2. The van der Waals surface area contributed by atoms with Crippen LogP contribution in [0, 0.1) is 20.8 Å². The van der Waals surface area contributed by atoms with E-state index in [1.165, 1.54) is 10.8 Å². The van der Waals surface area contributed by atoms with Gasteiger partial charge in [-0.2, -0.15) is 4.68 Å². The molecule has 1 aliphatic rings. The van der Waals surface area contributed by atoms with E-state index in [9.17, 15) is 19.2 Å². The number of anilines is 1. The van der Waals surface area contributed by atoms with Gasteiger partial charge in [-0.15, -0.1) is 0 Å². The van der Waals surface area contributed by atoms with Crippen molar-refractivity contribution >= 4 is 52.1 Å². The molecular weight excluding hydrogens is 508 g/mol. The zero-order valence-corrected chi connectivity index (χ0v) is 21.5. The smallest absolute Gasteiger partial charge is 0.325 e. The molecule has 4 aromatic rings. The Morgan fingerprint density at radius 1 is 1.03 bits per heavy atom. The molecule has 2 aromatic heterocycles. The fourth-order valence-electron chi connectivity index (χ4n) is 4.45. The summed E-state index contributed by atoms with van der Waals surface area (Å²) in [6, 6.07) is 14.7. The monoisotopic (exact) mass is 530 g/mol. The maximum absolute atomic E-state index is 13.3. The van der Waals surface area contributed by atoms with Crippen LogP contribution in [-0.2, 0) is 9.59 Å². The number of imide groups is 1. The molecule has 0 saturated carbocycles. The van der Waals surface area contributed by atoms with Gasteiger partial charge < -0.3 is 10.6 Å². The van der Waals surface area contributed by atoms with Crippen LogP contribution < -0.4 is 16.2 Å². The van der Waals surface area contributed by atoms with Gasteiger partial charge in [0.05, 0.1) is 10.9 Å². The molecule has 1 aliphatic heterocycles. The predicted octanol–water partition coefficient (Wildman–Crippen LogP) is 3.62. The topological polar surface area (TPSA) is 118 Å². The van der Waals surface area contributed by atoms with E-state index in [2.05, 4.69) is 15.6 Å². The van der Waals surface area contributed by atoms with Gasteiger partial charge in [0.15, 0.2) is 0 Å². The van der Waals surface area contributed by atoms with Crippen LogP contribution in [-0.4, -0.2) is 43.6 Å². The van der Waals surface area contributed by atoms with Crippen LogP contribution in [0.4, 0.5) is 10.5 Å². The summed E-state index contributed by atoms with van der Waals surface area (Å²) in [5.41, 5.74) is 2.91. The third kappa shape index (κ3) is 4.46. The second-order valence-corrected chi connectivity index (χ2v) is 9.30. The number of carbonyl (C=O) groups is 3. The highest BCUT2D eigenvalue weighted by atomic mass is 35.5. The van der Waals surface area contributed by atoms with Crippen molar-refractivity contribution < 1.29 is 14.4 Å². The van der Waals surface area contributed by atoms with Crippen molar-refractivity contribution in [1.29, 1.82) is 0 Å². The second kappa shape index (κ2) is 9.64. The zero-order valence-electron chi connectivity index (χ0n) is 20.8. The second-order valence-electron chi connectivity index (χ2n) is 8.87. The molecular formula is C27H23ClN6O4. The molecule has 1 saturated heterocycles. The van der Waals surface area contributed by atoms with Crippen molar-refractivity contribution in [2.45, 2.75) is 20.8 Å². The van der Waals surface area contributed by atoms with Crippen LogP contribution in [0.2, 0.25) is 5.02 Å². The number of benzene rings is 2. The summed E-state index contributed by atoms with van der Waals surface area (Å²) < 4.78 is 3.21. The van der Waals surface area contributed by atoms with E-state index < -0.39 is 24.4 Å². The summed E-state index contributed by atoms with van der Waals surface area (Å²) in [4.78, 5) is 56.7. The Morgan fingerprint density at radius 3 is 2.47 bits per heavy atom. The number of urea groups is 1. The van der Waals surface area contributed by atoms with Gasteiger partial charge in [-0.05, 0) is 74.9 Å². The van der Waals surface area contributed by atoms with Crippen molar-refractivity contribution in [3.05, 3.63) is 98.4 Å². The molecule has 0 aliphatic carbocycles.